The van der Waals surface area contributed by atoms with Crippen molar-refractivity contribution in [2.75, 3.05) is 9.80 Å². The van der Waals surface area contributed by atoms with Crippen LogP contribution >= 0.6 is 0 Å². The maximum atomic E-state index is 2.80. The molecule has 6 unspecified atom stereocenters. The first-order valence-electron chi connectivity index (χ1n) is 43.8. The molecule has 12 aromatic carbocycles. The summed E-state index contributed by atoms with van der Waals surface area (Å²) in [6, 6.07) is 101. The monoisotopic (exact) mass is 1530 g/mol. The molecule has 0 radical (unpaired) electrons. The summed E-state index contributed by atoms with van der Waals surface area (Å²) < 4.78 is 2.60. The molecule has 0 spiro atoms. The third-order valence-electron chi connectivity index (χ3n) is 28.9. The lowest BCUT2D eigenvalue weighted by Gasteiger charge is -2.48. The predicted molar refractivity (Wildman–Crippen MR) is 502 cm³/mol. The van der Waals surface area contributed by atoms with Crippen LogP contribution in [0.15, 0.2) is 331 Å². The minimum Gasteiger partial charge on any atom is -0.310 e. The average Bonchev–Trinajstić information content (AvgIpc) is 0.846. The summed E-state index contributed by atoms with van der Waals surface area (Å²) in [4.78, 5) is 5.59. The number of hydrogen-bond donors (Lipinski definition) is 0. The Morgan fingerprint density at radius 3 is 1.41 bits per heavy atom. The molecule has 2 aliphatic heterocycles. The van der Waals surface area contributed by atoms with Crippen molar-refractivity contribution in [1.29, 1.82) is 0 Å². The van der Waals surface area contributed by atoms with Crippen molar-refractivity contribution >= 4 is 90.7 Å². The highest BCUT2D eigenvalue weighted by atomic mass is 15.2. The molecule has 0 saturated carbocycles. The SMILES string of the molecule is CC(C)(C)C1=CC2=CC(c3ccc4c(c3)N(c3c(-c5ccccc5)cccc3-c3ccccc3)c3cc(-n5c6ccccc6c6ccccc65)cc5c3B4c3ccc(-c4cc6c7c8c4C=C(C(C)(C)C)CC8CCC7CC(C(C)(C)C)C6)cc3N5c3c(-c4ccccc4)cccc3-c3ccccc3)=C3C=C(C(C)(C)C)CC4C=CC(=C1)C2C34. The highest BCUT2D eigenvalue weighted by Crippen LogP contribution is 2.62. The zero-order valence-electron chi connectivity index (χ0n) is 70.5. The van der Waals surface area contributed by atoms with Gasteiger partial charge in [0.1, 0.15) is 0 Å². The molecule has 3 heterocycles. The largest absolute Gasteiger partial charge is 0.310 e. The van der Waals surface area contributed by atoms with E-state index in [0.717, 1.165) is 58.8 Å². The molecule has 13 aromatic rings. The lowest BCUT2D eigenvalue weighted by molar-refractivity contribution is 0.191. The van der Waals surface area contributed by atoms with E-state index in [2.05, 4.69) is 401 Å². The van der Waals surface area contributed by atoms with Crippen molar-refractivity contribution in [2.45, 2.75) is 133 Å². The van der Waals surface area contributed by atoms with E-state index in [1.54, 1.807) is 22.3 Å². The minimum absolute atomic E-state index is 0.0108. The first-order chi connectivity index (χ1) is 57.1. The van der Waals surface area contributed by atoms with Gasteiger partial charge in [-0.25, -0.2) is 0 Å². The Morgan fingerprint density at radius 1 is 0.381 bits per heavy atom. The summed E-state index contributed by atoms with van der Waals surface area (Å²) in [7, 11) is 0. The summed E-state index contributed by atoms with van der Waals surface area (Å²) in [5, 5.41) is 2.46. The van der Waals surface area contributed by atoms with E-state index in [1.165, 1.54) is 158 Å². The number of para-hydroxylation sites is 4. The van der Waals surface area contributed by atoms with Crippen molar-refractivity contribution in [3.8, 4) is 61.3 Å². The number of fused-ring (bicyclic) bond motifs is 7. The van der Waals surface area contributed by atoms with Crippen molar-refractivity contribution in [1.82, 2.24) is 4.57 Å². The van der Waals surface area contributed by atoms with Gasteiger partial charge in [0.2, 0.25) is 0 Å². The lowest BCUT2D eigenvalue weighted by Crippen LogP contribution is -2.61. The summed E-state index contributed by atoms with van der Waals surface area (Å²) in [6.45, 7) is 29.1. The van der Waals surface area contributed by atoms with Crippen molar-refractivity contribution in [2.24, 2.45) is 45.3 Å². The summed E-state index contributed by atoms with van der Waals surface area (Å²) in [5.41, 5.74) is 44.2. The summed E-state index contributed by atoms with van der Waals surface area (Å²) >= 11 is 0. The molecule has 4 heteroatoms. The molecule has 578 valence electrons. The van der Waals surface area contributed by atoms with E-state index in [4.69, 9.17) is 0 Å². The Kier molecular flexibility index (Phi) is 16.6. The van der Waals surface area contributed by atoms with Gasteiger partial charge in [-0.3, -0.25) is 0 Å². The van der Waals surface area contributed by atoms with Crippen molar-refractivity contribution in [3.05, 3.63) is 359 Å². The van der Waals surface area contributed by atoms with Crippen LogP contribution in [0.5, 0.6) is 0 Å². The van der Waals surface area contributed by atoms with Crippen LogP contribution in [0.2, 0.25) is 0 Å². The Labute approximate surface area is 699 Å². The molecule has 118 heavy (non-hydrogen) atoms. The molecule has 0 amide bonds. The fourth-order valence-electron chi connectivity index (χ4n) is 22.9. The minimum atomic E-state index is -0.246. The van der Waals surface area contributed by atoms with Gasteiger partial charge in [-0.2, -0.15) is 0 Å². The Morgan fingerprint density at radius 2 is 0.881 bits per heavy atom. The van der Waals surface area contributed by atoms with Gasteiger partial charge in [-0.05, 0) is 226 Å². The predicted octanol–water partition coefficient (Wildman–Crippen LogP) is 29.0. The standard InChI is InChI=1S/C114H104BN3/c1-111(2,3)81-55-75-47-49-77-57-83(113(7,8)9)65-94-92(61-79(59-81)104(75)106(77)94)73-51-53-96-100(63-73)117(109-86(69-31-17-13-18-32-69)41-29-42-87(109)70-33-19-14-20-34-70)102-67-85(116-98-45-27-25-39-90(98)91-40-26-28-46-99(91)116)68-103-108(102)115(96)97-54-52-74(64-101(97)118(103)110-88(71-35-21-15-22-36-71)43-30-44-89(110)72-37-23-16-24-38-72)93-62-80-60-82(112(4,5)6)56-76-48-50-78-58-84(114(10,11)12)66-95(93)107(78)105(76)80/h13-47,49,51-55,59,61-68,76-78,82,104,106H,48,50,56-58,60H2,1-12H3. The number of allylic oxidation sites excluding steroid dienone is 13. The molecule has 7 aliphatic carbocycles. The second kappa shape index (κ2) is 26.9. The zero-order valence-corrected chi connectivity index (χ0v) is 70.5. The Hall–Kier alpha value is -11.7. The first-order valence-corrected chi connectivity index (χ1v) is 43.8. The van der Waals surface area contributed by atoms with Gasteiger partial charge >= 0.3 is 0 Å². The molecule has 22 rings (SSSR count). The van der Waals surface area contributed by atoms with Gasteiger partial charge in [-0.1, -0.05) is 361 Å². The van der Waals surface area contributed by atoms with Crippen molar-refractivity contribution < 1.29 is 0 Å². The van der Waals surface area contributed by atoms with Gasteiger partial charge in [0.05, 0.1) is 28.1 Å². The zero-order chi connectivity index (χ0) is 80.2. The molecule has 0 saturated heterocycles. The van der Waals surface area contributed by atoms with Gasteiger partial charge in [0.25, 0.3) is 6.71 Å². The maximum absolute atomic E-state index is 2.80. The van der Waals surface area contributed by atoms with Gasteiger partial charge < -0.3 is 14.4 Å². The van der Waals surface area contributed by atoms with E-state index in [1.807, 2.05) is 0 Å². The molecular weight excluding hydrogens is 1420 g/mol. The number of aromatic nitrogens is 1. The molecule has 3 nitrogen and oxygen atoms in total. The molecule has 6 atom stereocenters. The highest BCUT2D eigenvalue weighted by Gasteiger charge is 2.50. The first kappa shape index (κ1) is 72.7. The van der Waals surface area contributed by atoms with Gasteiger partial charge in [0.15, 0.2) is 0 Å². The van der Waals surface area contributed by atoms with Gasteiger partial charge in [-0.15, -0.1) is 0 Å². The van der Waals surface area contributed by atoms with Crippen LogP contribution in [0.4, 0.5) is 34.1 Å². The topological polar surface area (TPSA) is 11.4 Å². The van der Waals surface area contributed by atoms with Gasteiger partial charge in [0, 0.05) is 67.6 Å². The van der Waals surface area contributed by atoms with E-state index in [-0.39, 0.29) is 34.3 Å². The quantitative estimate of drug-likeness (QED) is 0.133. The number of anilines is 6. The van der Waals surface area contributed by atoms with Crippen LogP contribution < -0.4 is 26.2 Å². The smallest absolute Gasteiger partial charge is 0.252 e. The van der Waals surface area contributed by atoms with E-state index < -0.39 is 0 Å². The van der Waals surface area contributed by atoms with E-state index in [9.17, 15) is 0 Å². The lowest BCUT2D eigenvalue weighted by atomic mass is 9.33. The highest BCUT2D eigenvalue weighted by molar-refractivity contribution is 7.00. The second-order valence-electron chi connectivity index (χ2n) is 39.9. The van der Waals surface area contributed by atoms with Crippen LogP contribution in [0.3, 0.4) is 0 Å². The number of hydrogen-bond acceptors (Lipinski definition) is 2. The Balaban J connectivity index is 0.910. The fraction of sp³-hybridized carbons (Fsp3) is 0.246. The molecule has 0 bridgehead atoms. The van der Waals surface area contributed by atoms with Crippen LogP contribution in [0.1, 0.15) is 155 Å². The second-order valence-corrected chi connectivity index (χ2v) is 39.9. The van der Waals surface area contributed by atoms with Crippen LogP contribution in [0.25, 0.3) is 94.8 Å². The summed E-state index contributed by atoms with van der Waals surface area (Å²) in [6.07, 6.45) is 25.4. The third kappa shape index (κ3) is 11.6. The third-order valence-corrected chi connectivity index (χ3v) is 28.9. The molecular formula is C114H104BN3. The van der Waals surface area contributed by atoms with Crippen LogP contribution in [-0.2, 0) is 6.42 Å². The Bertz CT molecular complexity index is 6450. The van der Waals surface area contributed by atoms with Crippen molar-refractivity contribution in [3.63, 3.8) is 0 Å². The summed E-state index contributed by atoms with van der Waals surface area (Å²) in [5.74, 6) is 2.59. The molecule has 0 fully saturated rings. The number of benzene rings is 12. The fourth-order valence-corrected chi connectivity index (χ4v) is 22.9. The number of rotatable bonds is 9. The molecule has 1 aromatic heterocycles. The van der Waals surface area contributed by atoms with Crippen LogP contribution in [0, 0.1) is 45.3 Å². The molecule has 9 aliphatic rings. The van der Waals surface area contributed by atoms with E-state index >= 15 is 0 Å². The average molecular weight is 1530 g/mol. The van der Waals surface area contributed by atoms with Crippen LogP contribution in [-0.4, -0.2) is 11.3 Å². The molecule has 0 N–H and O–H groups in total. The maximum Gasteiger partial charge on any atom is 0.252 e. The number of nitrogens with zero attached hydrogens (tertiary/aromatic N) is 3. The normalized spacial score (nSPS) is 20.1. The van der Waals surface area contributed by atoms with E-state index in [0.29, 0.717) is 29.6 Å².